The normalized spacial score (nSPS) is 15.5. The summed E-state index contributed by atoms with van der Waals surface area (Å²) in [6, 6.07) is 0. The Morgan fingerprint density at radius 3 is 3.36 bits per heavy atom. The van der Waals surface area contributed by atoms with Crippen LogP contribution in [0.4, 0.5) is 0 Å². The minimum Gasteiger partial charge on any atom is -0.352 e. The van der Waals surface area contributed by atoms with Crippen molar-refractivity contribution < 1.29 is 4.79 Å². The second-order valence-corrected chi connectivity index (χ2v) is 2.34. The molecular formula is C7H6N3O. The molecule has 0 aliphatic carbocycles. The third-order valence-corrected chi connectivity index (χ3v) is 1.64. The largest absolute Gasteiger partial charge is 0.352 e. The lowest BCUT2D eigenvalue weighted by molar-refractivity contribution is 0.0944. The molecule has 11 heavy (non-hydrogen) atoms. The first-order valence-electron chi connectivity index (χ1n) is 3.38. The summed E-state index contributed by atoms with van der Waals surface area (Å²) in [6.45, 7) is 0.663. The molecule has 2 rings (SSSR count). The summed E-state index contributed by atoms with van der Waals surface area (Å²) >= 11 is 0. The minimum absolute atomic E-state index is 0.0831. The Kier molecular flexibility index (Phi) is 1.31. The van der Waals surface area contributed by atoms with Crippen molar-refractivity contribution in [2.45, 2.75) is 6.42 Å². The van der Waals surface area contributed by atoms with Crippen LogP contribution >= 0.6 is 0 Å². The van der Waals surface area contributed by atoms with Gasteiger partial charge < -0.3 is 5.32 Å². The van der Waals surface area contributed by atoms with Crippen molar-refractivity contribution in [3.63, 3.8) is 0 Å². The molecule has 4 nitrogen and oxygen atoms in total. The van der Waals surface area contributed by atoms with E-state index in [2.05, 4.69) is 21.6 Å². The smallest absolute Gasteiger partial charge is 0.254 e. The van der Waals surface area contributed by atoms with Gasteiger partial charge in [-0.05, 0) is 0 Å². The van der Waals surface area contributed by atoms with E-state index in [1.54, 1.807) is 0 Å². The van der Waals surface area contributed by atoms with E-state index in [1.165, 1.54) is 6.20 Å². The number of fused-ring (bicyclic) bond motifs is 1. The molecule has 0 unspecified atom stereocenters. The molecule has 55 valence electrons. The standard InChI is InChI=1S/C7H6N3O/c11-7-5-3-8-4-10-6(5)1-2-9-7/h3H,1-2H2,(H,9,11). The zero-order valence-electron chi connectivity index (χ0n) is 5.79. The van der Waals surface area contributed by atoms with Crippen molar-refractivity contribution in [3.05, 3.63) is 23.8 Å². The Balaban J connectivity index is 2.52. The molecule has 1 aliphatic rings. The number of carbonyl (C=O) groups excluding carboxylic acids is 1. The second-order valence-electron chi connectivity index (χ2n) is 2.34. The first-order chi connectivity index (χ1) is 5.38. The van der Waals surface area contributed by atoms with E-state index in [-0.39, 0.29) is 5.91 Å². The van der Waals surface area contributed by atoms with Crippen LogP contribution < -0.4 is 5.32 Å². The first-order valence-corrected chi connectivity index (χ1v) is 3.38. The van der Waals surface area contributed by atoms with E-state index >= 15 is 0 Å². The zero-order valence-corrected chi connectivity index (χ0v) is 5.79. The van der Waals surface area contributed by atoms with Crippen molar-refractivity contribution >= 4 is 5.91 Å². The number of nitrogens with zero attached hydrogens (tertiary/aromatic N) is 2. The number of rotatable bonds is 0. The molecule has 1 aliphatic heterocycles. The molecule has 1 N–H and O–H groups in total. The summed E-state index contributed by atoms with van der Waals surface area (Å²) < 4.78 is 0. The van der Waals surface area contributed by atoms with Crippen LogP contribution in [-0.2, 0) is 6.42 Å². The maximum Gasteiger partial charge on any atom is 0.254 e. The van der Waals surface area contributed by atoms with Gasteiger partial charge in [-0.15, -0.1) is 0 Å². The Labute approximate surface area is 63.7 Å². The quantitative estimate of drug-likeness (QED) is 0.542. The van der Waals surface area contributed by atoms with Gasteiger partial charge in [-0.2, -0.15) is 0 Å². The van der Waals surface area contributed by atoms with Gasteiger partial charge in [-0.3, -0.25) is 4.79 Å². The van der Waals surface area contributed by atoms with Gasteiger partial charge in [-0.25, -0.2) is 9.97 Å². The highest BCUT2D eigenvalue weighted by molar-refractivity contribution is 5.95. The van der Waals surface area contributed by atoms with Crippen molar-refractivity contribution in [3.8, 4) is 0 Å². The molecule has 0 atom stereocenters. The molecule has 1 radical (unpaired) electrons. The van der Waals surface area contributed by atoms with E-state index in [1.807, 2.05) is 0 Å². The summed E-state index contributed by atoms with van der Waals surface area (Å²) in [6.07, 6.45) is 4.74. The third kappa shape index (κ3) is 0.960. The highest BCUT2D eigenvalue weighted by Gasteiger charge is 2.16. The SMILES string of the molecule is O=C1NCCc2n[c]ncc21. The summed E-state index contributed by atoms with van der Waals surface area (Å²) in [7, 11) is 0. The third-order valence-electron chi connectivity index (χ3n) is 1.64. The van der Waals surface area contributed by atoms with Gasteiger partial charge in [0.1, 0.15) is 0 Å². The van der Waals surface area contributed by atoms with Gasteiger partial charge >= 0.3 is 0 Å². The van der Waals surface area contributed by atoms with Crippen LogP contribution in [0.2, 0.25) is 0 Å². The van der Waals surface area contributed by atoms with E-state index in [4.69, 9.17) is 0 Å². The summed E-state index contributed by atoms with van der Waals surface area (Å²) in [4.78, 5) is 18.6. The molecule has 1 aromatic heterocycles. The molecule has 2 heterocycles. The van der Waals surface area contributed by atoms with Gasteiger partial charge in [0, 0.05) is 19.2 Å². The average molecular weight is 148 g/mol. The predicted octanol–water partition coefficient (Wildman–Crippen LogP) is -0.437. The molecule has 0 aromatic carbocycles. The second kappa shape index (κ2) is 2.30. The van der Waals surface area contributed by atoms with Gasteiger partial charge in [0.2, 0.25) is 0 Å². The average Bonchev–Trinajstić information content (AvgIpc) is 2.06. The number of hydrogen-bond donors (Lipinski definition) is 1. The van der Waals surface area contributed by atoms with Crippen molar-refractivity contribution in [1.29, 1.82) is 0 Å². The van der Waals surface area contributed by atoms with E-state index in [9.17, 15) is 4.79 Å². The maximum atomic E-state index is 11.1. The fraction of sp³-hybridized carbons (Fsp3) is 0.286. The number of nitrogens with one attached hydrogen (secondary N) is 1. The van der Waals surface area contributed by atoms with Crippen LogP contribution in [0.15, 0.2) is 6.20 Å². The Bertz CT molecular complexity index is 297. The monoisotopic (exact) mass is 148 g/mol. The van der Waals surface area contributed by atoms with E-state index in [0.717, 1.165) is 12.1 Å². The van der Waals surface area contributed by atoms with Crippen molar-refractivity contribution in [2.75, 3.05) is 6.54 Å². The van der Waals surface area contributed by atoms with Crippen LogP contribution in [0.25, 0.3) is 0 Å². The molecule has 0 saturated carbocycles. The molecule has 0 fully saturated rings. The summed E-state index contributed by atoms with van der Waals surface area (Å²) in [5.74, 6) is -0.0831. The van der Waals surface area contributed by atoms with Gasteiger partial charge in [0.05, 0.1) is 11.3 Å². The topological polar surface area (TPSA) is 54.9 Å². The molecule has 1 amide bonds. The van der Waals surface area contributed by atoms with Gasteiger partial charge in [0.15, 0.2) is 6.33 Å². The van der Waals surface area contributed by atoms with E-state index in [0.29, 0.717) is 12.1 Å². The summed E-state index contributed by atoms with van der Waals surface area (Å²) in [5.41, 5.74) is 1.37. The Hall–Kier alpha value is -1.45. The molecular weight excluding hydrogens is 142 g/mol. The number of amides is 1. The molecule has 0 bridgehead atoms. The highest BCUT2D eigenvalue weighted by Crippen LogP contribution is 2.07. The molecule has 0 spiro atoms. The fourth-order valence-corrected chi connectivity index (χ4v) is 1.09. The van der Waals surface area contributed by atoms with Gasteiger partial charge in [0.25, 0.3) is 5.91 Å². The van der Waals surface area contributed by atoms with Crippen LogP contribution in [0.5, 0.6) is 0 Å². The van der Waals surface area contributed by atoms with Gasteiger partial charge in [-0.1, -0.05) is 0 Å². The lowest BCUT2D eigenvalue weighted by Crippen LogP contribution is -2.32. The molecule has 1 aromatic rings. The molecule has 4 heteroatoms. The van der Waals surface area contributed by atoms with Crippen LogP contribution in [0.1, 0.15) is 16.1 Å². The number of hydrogen-bond acceptors (Lipinski definition) is 3. The van der Waals surface area contributed by atoms with Crippen molar-refractivity contribution in [1.82, 2.24) is 15.3 Å². The fourth-order valence-electron chi connectivity index (χ4n) is 1.09. The van der Waals surface area contributed by atoms with Crippen LogP contribution in [-0.4, -0.2) is 22.4 Å². The lowest BCUT2D eigenvalue weighted by Gasteiger charge is -2.13. The van der Waals surface area contributed by atoms with E-state index < -0.39 is 0 Å². The van der Waals surface area contributed by atoms with Crippen molar-refractivity contribution in [2.24, 2.45) is 0 Å². The Morgan fingerprint density at radius 1 is 1.64 bits per heavy atom. The van der Waals surface area contributed by atoms with Crippen LogP contribution in [0, 0.1) is 6.33 Å². The zero-order chi connectivity index (χ0) is 7.68. The number of carbonyl (C=O) groups is 1. The first kappa shape index (κ1) is 6.27. The predicted molar refractivity (Wildman–Crippen MR) is 36.9 cm³/mol. The van der Waals surface area contributed by atoms with Crippen LogP contribution in [0.3, 0.4) is 0 Å². The minimum atomic E-state index is -0.0831. The number of aromatic nitrogens is 2. The highest BCUT2D eigenvalue weighted by atomic mass is 16.1. The Morgan fingerprint density at radius 2 is 2.55 bits per heavy atom. The maximum absolute atomic E-state index is 11.1. The lowest BCUT2D eigenvalue weighted by atomic mass is 10.1. The molecule has 0 saturated heterocycles. The summed E-state index contributed by atoms with van der Waals surface area (Å²) in [5, 5.41) is 2.71.